The topological polar surface area (TPSA) is 18.5 Å². The van der Waals surface area contributed by atoms with Crippen LogP contribution in [0, 0.1) is 23.7 Å². The van der Waals surface area contributed by atoms with Gasteiger partial charge in [0.15, 0.2) is 6.61 Å². The molecule has 0 saturated heterocycles. The van der Waals surface area contributed by atoms with Crippen LogP contribution in [-0.4, -0.2) is 18.8 Å². The lowest BCUT2D eigenvalue weighted by molar-refractivity contribution is -0.222. The van der Waals surface area contributed by atoms with Crippen molar-refractivity contribution in [2.24, 2.45) is 11.8 Å². The van der Waals surface area contributed by atoms with Gasteiger partial charge >= 0.3 is 6.11 Å². The van der Waals surface area contributed by atoms with Crippen molar-refractivity contribution < 1.29 is 27.0 Å². The molecule has 0 unspecified atom stereocenters. The molecule has 3 rings (SSSR count). The van der Waals surface area contributed by atoms with Crippen molar-refractivity contribution in [2.75, 3.05) is 6.61 Å². The summed E-state index contributed by atoms with van der Waals surface area (Å²) in [5.74, 6) is 6.89. The molecule has 33 heavy (non-hydrogen) atoms. The molecular weight excluding hydrogens is 432 g/mol. The van der Waals surface area contributed by atoms with Crippen LogP contribution in [0.2, 0.25) is 0 Å². The van der Waals surface area contributed by atoms with Crippen LogP contribution in [0.3, 0.4) is 0 Å². The molecule has 2 fully saturated rings. The Kier molecular flexibility index (Phi) is 9.67. The van der Waals surface area contributed by atoms with Gasteiger partial charge < -0.3 is 9.47 Å². The Balaban J connectivity index is 1.40. The van der Waals surface area contributed by atoms with E-state index in [4.69, 9.17) is 9.47 Å². The summed E-state index contributed by atoms with van der Waals surface area (Å²) in [5.41, 5.74) is 1.03. The van der Waals surface area contributed by atoms with Crippen LogP contribution in [0.4, 0.5) is 17.6 Å². The number of hydrogen-bond acceptors (Lipinski definition) is 2. The van der Waals surface area contributed by atoms with Gasteiger partial charge in [0, 0.05) is 6.42 Å². The maximum Gasteiger partial charge on any atom is 0.421 e. The number of allylic oxidation sites excluding steroid dienone is 1. The van der Waals surface area contributed by atoms with Crippen molar-refractivity contribution in [1.82, 2.24) is 0 Å². The van der Waals surface area contributed by atoms with E-state index in [-0.39, 0.29) is 23.7 Å². The minimum atomic E-state index is -3.39. The predicted molar refractivity (Wildman–Crippen MR) is 121 cm³/mol. The second-order valence-electron chi connectivity index (χ2n) is 9.30. The van der Waals surface area contributed by atoms with Crippen molar-refractivity contribution in [3.05, 3.63) is 42.0 Å². The summed E-state index contributed by atoms with van der Waals surface area (Å²) >= 11 is 0. The lowest BCUT2D eigenvalue weighted by atomic mass is 9.79. The first kappa shape index (κ1) is 25.6. The summed E-state index contributed by atoms with van der Waals surface area (Å²) in [5, 5.41) is 0. The second-order valence-corrected chi connectivity index (χ2v) is 9.30. The standard InChI is InChI=1S/C27H34F4O2/c1-2-3-4-5-20-8-14-24(15-9-20)32-19-27(30,31)33-25-16-12-23(13-17-25)22-10-6-21(7-11-22)18-26(28)29/h12-13,16-18,20-22,24H,4-11,14-15,19H2,1H3. The van der Waals surface area contributed by atoms with E-state index in [2.05, 4.69) is 11.8 Å². The largest absolute Gasteiger partial charge is 0.431 e. The lowest BCUT2D eigenvalue weighted by Crippen LogP contribution is -2.34. The number of hydrogen-bond donors (Lipinski definition) is 0. The summed E-state index contributed by atoms with van der Waals surface area (Å²) in [7, 11) is 0. The lowest BCUT2D eigenvalue weighted by Gasteiger charge is -2.29. The molecule has 1 aromatic rings. The minimum absolute atomic E-state index is 0.0713. The van der Waals surface area contributed by atoms with Gasteiger partial charge in [0.2, 0.25) is 0 Å². The highest BCUT2D eigenvalue weighted by atomic mass is 19.3. The molecule has 0 spiro atoms. The Bertz CT molecular complexity index is 805. The van der Waals surface area contributed by atoms with Crippen molar-refractivity contribution in [2.45, 2.75) is 89.3 Å². The third-order valence-corrected chi connectivity index (χ3v) is 6.89. The van der Waals surface area contributed by atoms with Crippen LogP contribution in [0.25, 0.3) is 0 Å². The first-order chi connectivity index (χ1) is 15.8. The fourth-order valence-corrected chi connectivity index (χ4v) is 5.01. The second kappa shape index (κ2) is 12.5. The molecule has 0 heterocycles. The van der Waals surface area contributed by atoms with Crippen molar-refractivity contribution in [3.63, 3.8) is 0 Å². The zero-order valence-corrected chi connectivity index (χ0v) is 19.3. The van der Waals surface area contributed by atoms with Crippen molar-refractivity contribution in [3.8, 4) is 17.6 Å². The zero-order chi connectivity index (χ0) is 23.7. The summed E-state index contributed by atoms with van der Waals surface area (Å²) in [4.78, 5) is 0. The van der Waals surface area contributed by atoms with Gasteiger partial charge in [0.25, 0.3) is 6.08 Å². The smallest absolute Gasteiger partial charge is 0.421 e. The fourth-order valence-electron chi connectivity index (χ4n) is 5.01. The van der Waals surface area contributed by atoms with Gasteiger partial charge in [-0.25, -0.2) is 0 Å². The molecule has 1 aromatic carbocycles. The molecule has 0 N–H and O–H groups in total. The molecule has 2 aliphatic carbocycles. The monoisotopic (exact) mass is 466 g/mol. The molecule has 2 aliphatic rings. The number of alkyl halides is 2. The van der Waals surface area contributed by atoms with Crippen molar-refractivity contribution >= 4 is 0 Å². The van der Waals surface area contributed by atoms with Gasteiger partial charge in [0.1, 0.15) is 5.75 Å². The Hall–Kier alpha value is -2.00. The first-order valence-electron chi connectivity index (χ1n) is 12.1. The Morgan fingerprint density at radius 1 is 1.00 bits per heavy atom. The van der Waals surface area contributed by atoms with Crippen LogP contribution in [0.1, 0.15) is 82.6 Å². The minimum Gasteiger partial charge on any atom is -0.431 e. The highest BCUT2D eigenvalue weighted by molar-refractivity contribution is 5.30. The average molecular weight is 467 g/mol. The van der Waals surface area contributed by atoms with Gasteiger partial charge in [-0.2, -0.15) is 17.6 Å². The van der Waals surface area contributed by atoms with E-state index in [1.54, 1.807) is 24.3 Å². The van der Waals surface area contributed by atoms with Crippen molar-refractivity contribution in [1.29, 1.82) is 0 Å². The maximum absolute atomic E-state index is 14.3. The van der Waals surface area contributed by atoms with Gasteiger partial charge in [0.05, 0.1) is 6.10 Å². The third kappa shape index (κ3) is 8.70. The quantitative estimate of drug-likeness (QED) is 0.270. The summed E-state index contributed by atoms with van der Waals surface area (Å²) in [6.07, 6.45) is 4.48. The maximum atomic E-state index is 14.3. The van der Waals surface area contributed by atoms with E-state index in [0.717, 1.165) is 63.0 Å². The molecule has 2 nitrogen and oxygen atoms in total. The van der Waals surface area contributed by atoms with Crippen LogP contribution in [0.5, 0.6) is 5.75 Å². The molecule has 0 atom stereocenters. The van der Waals surface area contributed by atoms with E-state index in [0.29, 0.717) is 18.8 Å². The predicted octanol–water partition coefficient (Wildman–Crippen LogP) is 8.09. The average Bonchev–Trinajstić information content (AvgIpc) is 2.79. The number of ether oxygens (including phenoxy) is 2. The molecule has 0 radical (unpaired) electrons. The molecule has 182 valence electrons. The Labute approximate surface area is 194 Å². The molecule has 2 saturated carbocycles. The van der Waals surface area contributed by atoms with Gasteiger partial charge in [-0.1, -0.05) is 12.1 Å². The summed E-state index contributed by atoms with van der Waals surface area (Å²) < 4.78 is 63.9. The number of rotatable bonds is 9. The molecule has 6 heteroatoms. The first-order valence-corrected chi connectivity index (χ1v) is 12.1. The van der Waals surface area contributed by atoms with E-state index in [9.17, 15) is 17.6 Å². The summed E-state index contributed by atoms with van der Waals surface area (Å²) in [6, 6.07) is 6.71. The molecule has 0 aromatic heterocycles. The SMILES string of the molecule is CC#CCCC1CCC(OCC(F)(F)Oc2ccc(C3CCC(C=C(F)F)CC3)cc2)CC1. The third-order valence-electron chi connectivity index (χ3n) is 6.89. The number of benzene rings is 1. The normalized spacial score (nSPS) is 25.6. The highest BCUT2D eigenvalue weighted by Gasteiger charge is 2.34. The Morgan fingerprint density at radius 2 is 1.67 bits per heavy atom. The summed E-state index contributed by atoms with van der Waals surface area (Å²) in [6.45, 7) is 1.08. The molecule has 0 aliphatic heterocycles. The van der Waals surface area contributed by atoms with E-state index in [1.165, 1.54) is 0 Å². The molecular formula is C27H34F4O2. The van der Waals surface area contributed by atoms with E-state index < -0.39 is 18.8 Å². The van der Waals surface area contributed by atoms with Crippen LogP contribution >= 0.6 is 0 Å². The highest BCUT2D eigenvalue weighted by Crippen LogP contribution is 2.38. The van der Waals surface area contributed by atoms with E-state index in [1.807, 2.05) is 6.92 Å². The van der Waals surface area contributed by atoms with Crippen LogP contribution in [0.15, 0.2) is 36.4 Å². The number of halogens is 4. The van der Waals surface area contributed by atoms with E-state index >= 15 is 0 Å². The Morgan fingerprint density at radius 3 is 2.27 bits per heavy atom. The van der Waals surface area contributed by atoms with Gasteiger partial charge in [-0.3, -0.25) is 0 Å². The molecule has 0 bridgehead atoms. The van der Waals surface area contributed by atoms with Crippen LogP contribution < -0.4 is 4.74 Å². The van der Waals surface area contributed by atoms with Gasteiger partial charge in [-0.05, 0) is 106 Å². The van der Waals surface area contributed by atoms with Crippen LogP contribution in [-0.2, 0) is 4.74 Å². The van der Waals surface area contributed by atoms with Gasteiger partial charge in [-0.15, -0.1) is 11.8 Å². The zero-order valence-electron chi connectivity index (χ0n) is 19.3. The molecule has 0 amide bonds. The fraction of sp³-hybridized carbons (Fsp3) is 0.630.